The third-order valence-corrected chi connectivity index (χ3v) is 2.71. The summed E-state index contributed by atoms with van der Waals surface area (Å²) in [6.45, 7) is 2.11. The van der Waals surface area contributed by atoms with Crippen LogP contribution in [0.15, 0.2) is 42.9 Å². The zero-order chi connectivity index (χ0) is 10.3. The lowest BCUT2D eigenvalue weighted by Gasteiger charge is -2.04. The van der Waals surface area contributed by atoms with Crippen molar-refractivity contribution in [3.63, 3.8) is 0 Å². The number of benzene rings is 1. The average Bonchev–Trinajstić information content (AvgIpc) is 2.29. The largest absolute Gasteiger partial charge is 0.264 e. The van der Waals surface area contributed by atoms with Crippen molar-refractivity contribution in [3.8, 4) is 0 Å². The van der Waals surface area contributed by atoms with Gasteiger partial charge in [0, 0.05) is 29.4 Å². The quantitative estimate of drug-likeness (QED) is 0.514. The molecule has 3 aromatic rings. The number of aryl methyl sites for hydroxylation is 1. The standard InChI is InChI=1S/C13H10N2/c1-9-3-2-4-12-13(9)11-5-6-14-7-10(11)8-15-12/h2-8H,1H3. The number of nitrogens with zero attached hydrogens (tertiary/aromatic N) is 2. The van der Waals surface area contributed by atoms with Crippen LogP contribution in [0.2, 0.25) is 0 Å². The number of fused-ring (bicyclic) bond motifs is 3. The van der Waals surface area contributed by atoms with Crippen LogP contribution in [0.3, 0.4) is 0 Å². The predicted octanol–water partition coefficient (Wildman–Crippen LogP) is 3.09. The van der Waals surface area contributed by atoms with Crippen molar-refractivity contribution in [2.75, 3.05) is 0 Å². The van der Waals surface area contributed by atoms with Gasteiger partial charge in [0.15, 0.2) is 0 Å². The summed E-state index contributed by atoms with van der Waals surface area (Å²) in [5, 5.41) is 3.56. The zero-order valence-corrected chi connectivity index (χ0v) is 8.44. The third-order valence-electron chi connectivity index (χ3n) is 2.71. The Morgan fingerprint density at radius 3 is 2.93 bits per heavy atom. The minimum absolute atomic E-state index is 1.05. The van der Waals surface area contributed by atoms with Crippen molar-refractivity contribution in [1.82, 2.24) is 9.97 Å². The van der Waals surface area contributed by atoms with Crippen molar-refractivity contribution in [2.45, 2.75) is 6.92 Å². The first-order chi connectivity index (χ1) is 7.36. The Morgan fingerprint density at radius 1 is 1.07 bits per heavy atom. The van der Waals surface area contributed by atoms with Gasteiger partial charge in [0.1, 0.15) is 0 Å². The first-order valence-electron chi connectivity index (χ1n) is 4.94. The van der Waals surface area contributed by atoms with Crippen LogP contribution in [0.25, 0.3) is 21.7 Å². The van der Waals surface area contributed by atoms with Crippen LogP contribution in [0.5, 0.6) is 0 Å². The van der Waals surface area contributed by atoms with Gasteiger partial charge in [0.05, 0.1) is 5.52 Å². The molecule has 0 spiro atoms. The molecule has 0 bridgehead atoms. The van der Waals surface area contributed by atoms with Crippen LogP contribution in [-0.2, 0) is 0 Å². The van der Waals surface area contributed by atoms with Gasteiger partial charge in [-0.25, -0.2) is 0 Å². The number of hydrogen-bond acceptors (Lipinski definition) is 2. The summed E-state index contributed by atoms with van der Waals surface area (Å²) >= 11 is 0. The molecule has 0 aliphatic heterocycles. The van der Waals surface area contributed by atoms with Crippen molar-refractivity contribution >= 4 is 21.7 Å². The van der Waals surface area contributed by atoms with E-state index in [4.69, 9.17) is 0 Å². The number of pyridine rings is 2. The summed E-state index contributed by atoms with van der Waals surface area (Å²) in [7, 11) is 0. The van der Waals surface area contributed by atoms with Gasteiger partial charge in [-0.1, -0.05) is 12.1 Å². The van der Waals surface area contributed by atoms with Gasteiger partial charge >= 0.3 is 0 Å². The monoisotopic (exact) mass is 194 g/mol. The van der Waals surface area contributed by atoms with E-state index >= 15 is 0 Å². The highest BCUT2D eigenvalue weighted by atomic mass is 14.7. The molecule has 0 saturated carbocycles. The Balaban J connectivity index is 2.64. The summed E-state index contributed by atoms with van der Waals surface area (Å²) < 4.78 is 0. The molecule has 0 N–H and O–H groups in total. The molecule has 0 aliphatic rings. The molecule has 2 heterocycles. The van der Waals surface area contributed by atoms with Gasteiger partial charge in [-0.2, -0.15) is 0 Å². The Labute approximate surface area is 87.6 Å². The van der Waals surface area contributed by atoms with E-state index in [1.54, 1.807) is 0 Å². The Bertz CT molecular complexity index is 644. The second-order valence-corrected chi connectivity index (χ2v) is 3.69. The second-order valence-electron chi connectivity index (χ2n) is 3.69. The number of rotatable bonds is 0. The van der Waals surface area contributed by atoms with Crippen molar-refractivity contribution < 1.29 is 0 Å². The van der Waals surface area contributed by atoms with Crippen LogP contribution < -0.4 is 0 Å². The molecule has 2 nitrogen and oxygen atoms in total. The Hall–Kier alpha value is -1.96. The summed E-state index contributed by atoms with van der Waals surface area (Å²) in [5.74, 6) is 0. The van der Waals surface area contributed by atoms with Gasteiger partial charge in [-0.05, 0) is 30.0 Å². The molecule has 3 rings (SSSR count). The highest BCUT2D eigenvalue weighted by molar-refractivity contribution is 6.06. The lowest BCUT2D eigenvalue weighted by molar-refractivity contribution is 1.34. The highest BCUT2D eigenvalue weighted by Gasteiger charge is 2.02. The van der Waals surface area contributed by atoms with Gasteiger partial charge in [-0.3, -0.25) is 9.97 Å². The summed E-state index contributed by atoms with van der Waals surface area (Å²) in [6, 6.07) is 8.25. The zero-order valence-electron chi connectivity index (χ0n) is 8.44. The molecule has 0 atom stereocenters. The summed E-state index contributed by atoms with van der Waals surface area (Å²) in [6.07, 6.45) is 5.56. The van der Waals surface area contributed by atoms with E-state index < -0.39 is 0 Å². The summed E-state index contributed by atoms with van der Waals surface area (Å²) in [5.41, 5.74) is 2.31. The molecule has 0 saturated heterocycles. The molecule has 0 aliphatic carbocycles. The first kappa shape index (κ1) is 8.36. The maximum absolute atomic E-state index is 4.43. The molecule has 1 aromatic carbocycles. The fraction of sp³-hybridized carbons (Fsp3) is 0.0769. The van der Waals surface area contributed by atoms with Gasteiger partial charge in [-0.15, -0.1) is 0 Å². The van der Waals surface area contributed by atoms with E-state index in [2.05, 4.69) is 23.0 Å². The second kappa shape index (κ2) is 3.02. The van der Waals surface area contributed by atoms with E-state index in [0.717, 1.165) is 10.9 Å². The molecule has 0 radical (unpaired) electrons. The average molecular weight is 194 g/mol. The minimum atomic E-state index is 1.05. The SMILES string of the molecule is Cc1cccc2ncc3cnccc3c12. The van der Waals surface area contributed by atoms with E-state index in [0.29, 0.717) is 0 Å². The molecule has 0 unspecified atom stereocenters. The molecule has 2 aromatic heterocycles. The predicted molar refractivity (Wildman–Crippen MR) is 61.8 cm³/mol. The van der Waals surface area contributed by atoms with E-state index in [-0.39, 0.29) is 0 Å². The molecule has 15 heavy (non-hydrogen) atoms. The molecule has 2 heteroatoms. The maximum Gasteiger partial charge on any atom is 0.0711 e. The first-order valence-corrected chi connectivity index (χ1v) is 4.94. The Kier molecular flexibility index (Phi) is 1.68. The van der Waals surface area contributed by atoms with Gasteiger partial charge in [0.25, 0.3) is 0 Å². The Morgan fingerprint density at radius 2 is 2.00 bits per heavy atom. The van der Waals surface area contributed by atoms with Crippen LogP contribution in [0.1, 0.15) is 5.56 Å². The molecule has 0 amide bonds. The van der Waals surface area contributed by atoms with Crippen LogP contribution in [-0.4, -0.2) is 9.97 Å². The van der Waals surface area contributed by atoms with E-state index in [9.17, 15) is 0 Å². The van der Waals surface area contributed by atoms with Gasteiger partial charge < -0.3 is 0 Å². The summed E-state index contributed by atoms with van der Waals surface area (Å²) in [4.78, 5) is 8.54. The van der Waals surface area contributed by atoms with Gasteiger partial charge in [0.2, 0.25) is 0 Å². The van der Waals surface area contributed by atoms with E-state index in [1.807, 2.05) is 36.8 Å². The van der Waals surface area contributed by atoms with Crippen LogP contribution in [0, 0.1) is 6.92 Å². The third kappa shape index (κ3) is 1.18. The highest BCUT2D eigenvalue weighted by Crippen LogP contribution is 2.25. The van der Waals surface area contributed by atoms with Crippen molar-refractivity contribution in [2.24, 2.45) is 0 Å². The van der Waals surface area contributed by atoms with Crippen LogP contribution >= 0.6 is 0 Å². The number of hydrogen-bond donors (Lipinski definition) is 0. The molecular formula is C13H10N2. The normalized spacial score (nSPS) is 11.0. The van der Waals surface area contributed by atoms with Crippen molar-refractivity contribution in [3.05, 3.63) is 48.4 Å². The molecular weight excluding hydrogens is 184 g/mol. The minimum Gasteiger partial charge on any atom is -0.264 e. The maximum atomic E-state index is 4.43. The molecule has 0 fully saturated rings. The lowest BCUT2D eigenvalue weighted by Crippen LogP contribution is -1.85. The fourth-order valence-electron chi connectivity index (χ4n) is 1.99. The van der Waals surface area contributed by atoms with E-state index in [1.165, 1.54) is 16.3 Å². The topological polar surface area (TPSA) is 25.8 Å². The molecule has 72 valence electrons. The smallest absolute Gasteiger partial charge is 0.0711 e. The van der Waals surface area contributed by atoms with Crippen LogP contribution in [0.4, 0.5) is 0 Å². The number of aromatic nitrogens is 2. The van der Waals surface area contributed by atoms with Crippen molar-refractivity contribution in [1.29, 1.82) is 0 Å². The lowest BCUT2D eigenvalue weighted by atomic mass is 10.0. The fourth-order valence-corrected chi connectivity index (χ4v) is 1.99.